The largest absolute Gasteiger partial charge is 0.384 e. The van der Waals surface area contributed by atoms with E-state index in [1.807, 2.05) is 0 Å². The summed E-state index contributed by atoms with van der Waals surface area (Å²) >= 11 is 0. The van der Waals surface area contributed by atoms with Crippen molar-refractivity contribution in [2.24, 2.45) is 7.05 Å². The van der Waals surface area contributed by atoms with Crippen molar-refractivity contribution in [1.29, 1.82) is 0 Å². The quantitative estimate of drug-likeness (QED) is 0.755. The first kappa shape index (κ1) is 12.5. The maximum atomic E-state index is 11.9. The molecule has 0 aromatic carbocycles. The Morgan fingerprint density at radius 1 is 1.50 bits per heavy atom. The van der Waals surface area contributed by atoms with Gasteiger partial charge in [0.1, 0.15) is 18.0 Å². The molecule has 0 aliphatic rings. The minimum absolute atomic E-state index is 0.0566. The highest BCUT2D eigenvalue weighted by molar-refractivity contribution is 7.89. The summed E-state index contributed by atoms with van der Waals surface area (Å²) in [5, 5.41) is 7.44. The Bertz CT molecular complexity index is 651. The Balaban J connectivity index is 2.16. The van der Waals surface area contributed by atoms with Crippen LogP contribution in [-0.2, 0) is 23.6 Å². The molecule has 0 unspecified atom stereocenters. The standard InChI is InChI=1S/C9H12N6O2S/c1-15-6-12-14-9(15)5-13-18(16,17)7-2-3-11-8(10)4-7/h2-4,6,13H,5H2,1H3,(H2,10,11). The smallest absolute Gasteiger partial charge is 0.241 e. The highest BCUT2D eigenvalue weighted by Gasteiger charge is 2.15. The van der Waals surface area contributed by atoms with Gasteiger partial charge in [0.15, 0.2) is 0 Å². The van der Waals surface area contributed by atoms with Crippen LogP contribution >= 0.6 is 0 Å². The first-order valence-electron chi connectivity index (χ1n) is 5.03. The number of hydrogen-bond acceptors (Lipinski definition) is 6. The van der Waals surface area contributed by atoms with Crippen LogP contribution in [0, 0.1) is 0 Å². The Morgan fingerprint density at radius 2 is 2.28 bits per heavy atom. The minimum Gasteiger partial charge on any atom is -0.384 e. The average Bonchev–Trinajstić information content (AvgIpc) is 2.72. The summed E-state index contributed by atoms with van der Waals surface area (Å²) in [5.41, 5.74) is 5.44. The van der Waals surface area contributed by atoms with E-state index in [0.717, 1.165) is 0 Å². The molecule has 2 heterocycles. The van der Waals surface area contributed by atoms with Crippen molar-refractivity contribution in [1.82, 2.24) is 24.5 Å². The summed E-state index contributed by atoms with van der Waals surface area (Å²) in [6, 6.07) is 2.66. The van der Waals surface area contributed by atoms with Crippen LogP contribution in [-0.4, -0.2) is 28.2 Å². The minimum atomic E-state index is -3.63. The lowest BCUT2D eigenvalue weighted by Crippen LogP contribution is -2.24. The molecule has 0 amide bonds. The molecule has 18 heavy (non-hydrogen) atoms. The predicted molar refractivity (Wildman–Crippen MR) is 63.7 cm³/mol. The van der Waals surface area contributed by atoms with E-state index in [0.29, 0.717) is 5.82 Å². The Kier molecular flexibility index (Phi) is 3.26. The summed E-state index contributed by atoms with van der Waals surface area (Å²) in [7, 11) is -1.90. The van der Waals surface area contributed by atoms with Gasteiger partial charge in [-0.2, -0.15) is 0 Å². The molecule has 8 nitrogen and oxygen atoms in total. The fourth-order valence-corrected chi connectivity index (χ4v) is 2.31. The first-order valence-corrected chi connectivity index (χ1v) is 6.51. The van der Waals surface area contributed by atoms with Gasteiger partial charge in [0, 0.05) is 19.3 Å². The van der Waals surface area contributed by atoms with Crippen molar-refractivity contribution >= 4 is 15.8 Å². The summed E-state index contributed by atoms with van der Waals surface area (Å²) in [6.07, 6.45) is 2.83. The number of nitrogens with one attached hydrogen (secondary N) is 1. The molecule has 0 aliphatic heterocycles. The van der Waals surface area contributed by atoms with Gasteiger partial charge in [-0.05, 0) is 6.07 Å². The van der Waals surface area contributed by atoms with E-state index in [1.54, 1.807) is 11.6 Å². The van der Waals surface area contributed by atoms with Gasteiger partial charge in [-0.25, -0.2) is 18.1 Å². The maximum absolute atomic E-state index is 11.9. The number of hydrogen-bond donors (Lipinski definition) is 2. The van der Waals surface area contributed by atoms with Crippen LogP contribution < -0.4 is 10.5 Å². The van der Waals surface area contributed by atoms with Crippen molar-refractivity contribution in [2.75, 3.05) is 5.73 Å². The molecular weight excluding hydrogens is 256 g/mol. The fraction of sp³-hybridized carbons (Fsp3) is 0.222. The van der Waals surface area contributed by atoms with E-state index in [2.05, 4.69) is 19.9 Å². The van der Waals surface area contributed by atoms with Crippen LogP contribution in [0.15, 0.2) is 29.6 Å². The lowest BCUT2D eigenvalue weighted by Gasteiger charge is -2.06. The number of pyridine rings is 1. The molecule has 0 bridgehead atoms. The number of nitrogen functional groups attached to an aromatic ring is 1. The van der Waals surface area contributed by atoms with E-state index in [4.69, 9.17) is 5.73 Å². The van der Waals surface area contributed by atoms with E-state index < -0.39 is 10.0 Å². The van der Waals surface area contributed by atoms with Crippen LogP contribution in [0.4, 0.5) is 5.82 Å². The third kappa shape index (κ3) is 2.63. The number of aromatic nitrogens is 4. The number of aryl methyl sites for hydroxylation is 1. The van der Waals surface area contributed by atoms with Gasteiger partial charge in [0.25, 0.3) is 0 Å². The van der Waals surface area contributed by atoms with Crippen molar-refractivity contribution in [3.05, 3.63) is 30.5 Å². The lowest BCUT2D eigenvalue weighted by atomic mass is 10.5. The van der Waals surface area contributed by atoms with Gasteiger partial charge in [0.05, 0.1) is 11.4 Å². The molecule has 0 saturated carbocycles. The molecule has 0 spiro atoms. The van der Waals surface area contributed by atoms with Gasteiger partial charge < -0.3 is 10.3 Å². The summed E-state index contributed by atoms with van der Waals surface area (Å²) in [4.78, 5) is 3.80. The molecule has 0 atom stereocenters. The van der Waals surface area contributed by atoms with Crippen molar-refractivity contribution < 1.29 is 8.42 Å². The van der Waals surface area contributed by atoms with Crippen LogP contribution in [0.3, 0.4) is 0 Å². The highest BCUT2D eigenvalue weighted by atomic mass is 32.2. The number of rotatable bonds is 4. The second kappa shape index (κ2) is 4.70. The molecule has 2 aromatic heterocycles. The van der Waals surface area contributed by atoms with Crippen molar-refractivity contribution in [3.8, 4) is 0 Å². The third-order valence-corrected chi connectivity index (χ3v) is 3.69. The summed E-state index contributed by atoms with van der Waals surface area (Å²) in [6.45, 7) is 0.0566. The molecular formula is C9H12N6O2S. The lowest BCUT2D eigenvalue weighted by molar-refractivity contribution is 0.577. The van der Waals surface area contributed by atoms with E-state index in [1.165, 1.54) is 24.7 Å². The van der Waals surface area contributed by atoms with Gasteiger partial charge in [-0.15, -0.1) is 10.2 Å². The highest BCUT2D eigenvalue weighted by Crippen LogP contribution is 2.10. The molecule has 0 fully saturated rings. The van der Waals surface area contributed by atoms with Crippen LogP contribution in [0.1, 0.15) is 5.82 Å². The molecule has 9 heteroatoms. The van der Waals surface area contributed by atoms with Crippen LogP contribution in [0.25, 0.3) is 0 Å². The Morgan fingerprint density at radius 3 is 2.89 bits per heavy atom. The average molecular weight is 268 g/mol. The van der Waals surface area contributed by atoms with Crippen molar-refractivity contribution in [3.63, 3.8) is 0 Å². The zero-order chi connectivity index (χ0) is 13.2. The Labute approximate surface area is 104 Å². The van der Waals surface area contributed by atoms with Gasteiger partial charge in [-0.3, -0.25) is 0 Å². The zero-order valence-electron chi connectivity index (χ0n) is 9.61. The molecule has 0 saturated heterocycles. The van der Waals surface area contributed by atoms with Gasteiger partial charge >= 0.3 is 0 Å². The van der Waals surface area contributed by atoms with Crippen molar-refractivity contribution in [2.45, 2.75) is 11.4 Å². The molecule has 96 valence electrons. The second-order valence-electron chi connectivity index (χ2n) is 3.60. The summed E-state index contributed by atoms with van der Waals surface area (Å²) < 4.78 is 27.9. The zero-order valence-corrected chi connectivity index (χ0v) is 10.4. The van der Waals surface area contributed by atoms with Crippen LogP contribution in [0.2, 0.25) is 0 Å². The molecule has 2 rings (SSSR count). The molecule has 0 aliphatic carbocycles. The monoisotopic (exact) mass is 268 g/mol. The molecule has 2 aromatic rings. The predicted octanol–water partition coefficient (Wildman–Crippen LogP) is -0.729. The SMILES string of the molecule is Cn1cnnc1CNS(=O)(=O)c1ccnc(N)c1. The van der Waals surface area contributed by atoms with E-state index in [9.17, 15) is 8.42 Å². The van der Waals surface area contributed by atoms with E-state index >= 15 is 0 Å². The van der Waals surface area contributed by atoms with Crippen LogP contribution in [0.5, 0.6) is 0 Å². The number of sulfonamides is 1. The number of nitrogens with two attached hydrogens (primary N) is 1. The normalized spacial score (nSPS) is 11.6. The number of anilines is 1. The Hall–Kier alpha value is -2.00. The van der Waals surface area contributed by atoms with E-state index in [-0.39, 0.29) is 17.3 Å². The molecule has 3 N–H and O–H groups in total. The topological polar surface area (TPSA) is 116 Å². The maximum Gasteiger partial charge on any atom is 0.241 e. The van der Waals surface area contributed by atoms with Gasteiger partial charge in [-0.1, -0.05) is 0 Å². The fourth-order valence-electron chi connectivity index (χ4n) is 1.31. The van der Waals surface area contributed by atoms with Gasteiger partial charge in [0.2, 0.25) is 10.0 Å². The first-order chi connectivity index (χ1) is 8.49. The summed E-state index contributed by atoms with van der Waals surface area (Å²) in [5.74, 6) is 0.664. The number of nitrogens with zero attached hydrogens (tertiary/aromatic N) is 4. The third-order valence-electron chi connectivity index (χ3n) is 2.29. The second-order valence-corrected chi connectivity index (χ2v) is 5.37. The molecule has 0 radical (unpaired) electrons.